The highest BCUT2D eigenvalue weighted by Gasteiger charge is 2.49. The number of hydrazine groups is 1. The molecule has 0 bridgehead atoms. The average Bonchev–Trinajstić information content (AvgIpc) is 3.71. The maximum Gasteiger partial charge on any atom is 0.327 e. The Bertz CT molecular complexity index is 1520. The lowest BCUT2D eigenvalue weighted by atomic mass is 9.78. The fourth-order valence-electron chi connectivity index (χ4n) is 5.92. The van der Waals surface area contributed by atoms with Crippen LogP contribution < -0.4 is 35.4 Å². The molecule has 2 aromatic rings. The first-order valence-electron chi connectivity index (χ1n) is 16.4. The lowest BCUT2D eigenvalue weighted by molar-refractivity contribution is -0.160. The number of para-hydroxylation sites is 1. The Balaban J connectivity index is 1.32. The van der Waals surface area contributed by atoms with Crippen molar-refractivity contribution in [1.29, 1.82) is 0 Å². The molecule has 4 atom stereocenters. The van der Waals surface area contributed by atoms with Gasteiger partial charge in [-0.25, -0.2) is 13.5 Å². The number of aliphatic hydroxyl groups is 2. The van der Waals surface area contributed by atoms with E-state index in [-0.39, 0.29) is 37.1 Å². The summed E-state index contributed by atoms with van der Waals surface area (Å²) in [5, 5.41) is 28.6. The van der Waals surface area contributed by atoms with Gasteiger partial charge in [0, 0.05) is 7.05 Å². The maximum atomic E-state index is 13.4. The van der Waals surface area contributed by atoms with E-state index in [2.05, 4.69) is 25.2 Å². The smallest absolute Gasteiger partial charge is 0.327 e. The number of aliphatic hydroxyl groups excluding tert-OH is 2. The van der Waals surface area contributed by atoms with Gasteiger partial charge in [-0.15, -0.1) is 4.83 Å². The molecule has 272 valence electrons. The third-order valence-electron chi connectivity index (χ3n) is 8.62. The van der Waals surface area contributed by atoms with Crippen LogP contribution >= 0.6 is 8.53 Å². The normalized spacial score (nSPS) is 19.7. The molecule has 2 saturated carbocycles. The van der Waals surface area contributed by atoms with Crippen molar-refractivity contribution in [1.82, 2.24) is 19.9 Å². The molecule has 1 aromatic carbocycles. The Hall–Kier alpha value is -3.09. The first-order chi connectivity index (χ1) is 23.4. The first-order valence-corrected chi connectivity index (χ1v) is 19.5. The highest BCUT2D eigenvalue weighted by Crippen LogP contribution is 2.45. The van der Waals surface area contributed by atoms with Crippen LogP contribution in [0.1, 0.15) is 58.3 Å². The van der Waals surface area contributed by atoms with Crippen molar-refractivity contribution in [2.75, 3.05) is 54.1 Å². The van der Waals surface area contributed by atoms with E-state index in [9.17, 15) is 23.4 Å². The predicted molar refractivity (Wildman–Crippen MR) is 184 cm³/mol. The minimum absolute atomic E-state index is 0.0873. The van der Waals surface area contributed by atoms with Crippen LogP contribution in [0.3, 0.4) is 0 Å². The van der Waals surface area contributed by atoms with Crippen molar-refractivity contribution in [2.45, 2.75) is 88.4 Å². The first kappa shape index (κ1) is 37.2. The molecule has 7 N–H and O–H groups in total. The molecular formula is C30H47N8O9PS. The fraction of sp³-hybridized carbons (Fsp3) is 0.633. The second kappa shape index (κ2) is 16.3. The fourth-order valence-corrected chi connectivity index (χ4v) is 7.93. The molecule has 3 aliphatic rings. The van der Waals surface area contributed by atoms with Crippen LogP contribution in [-0.4, -0.2) is 97.8 Å². The molecule has 1 aliphatic heterocycles. The number of nitrogens with one attached hydrogen (secondary N) is 3. The molecule has 2 fully saturated rings. The number of sulfonamides is 1. The maximum absolute atomic E-state index is 13.4. The van der Waals surface area contributed by atoms with Crippen LogP contribution in [0.5, 0.6) is 5.75 Å². The van der Waals surface area contributed by atoms with Crippen LogP contribution in [0.4, 0.5) is 23.3 Å². The minimum atomic E-state index is -3.61. The molecule has 19 heteroatoms. The number of rotatable bonds is 18. The second-order valence-corrected chi connectivity index (χ2v) is 15.3. The van der Waals surface area contributed by atoms with E-state index >= 15 is 0 Å². The quantitative estimate of drug-likeness (QED) is 0.0734. The predicted octanol–water partition coefficient (Wildman–Crippen LogP) is 1.94. The Morgan fingerprint density at radius 2 is 1.94 bits per heavy atom. The molecule has 2 heterocycles. The SMILES string of the molecule is CCC(OC(COP(NC1(C(=O)OC2CCCC2)CCC1)Oc1ccccc1)[C@@H](O)CO)N1CNc2c(N(C)NS(C)(=O)=O)nc(N)nc21. The number of aromatic nitrogens is 2. The molecule has 0 amide bonds. The average molecular weight is 727 g/mol. The molecule has 1 aromatic heterocycles. The standard InChI is InChI=1S/C30H47N8O9PS/c1-4-24(38-19-32-25-26(33-29(31)34-27(25)38)37(2)36-49(3,42)43)46-23(22(40)17-39)18-44-48(47-21-13-6-5-7-14-21)35-30(15-10-16-30)28(41)45-20-11-8-9-12-20/h5-7,13-14,20,22-24,32,35-36,39-40H,4,8-12,15-19H2,1-3H3,(H2,31,33,34)/t22-,23?,24?,48?/m0/s1. The number of hydrogen-bond acceptors (Lipinski definition) is 16. The Labute approximate surface area is 287 Å². The number of carbonyl (C=O) groups is 1. The largest absolute Gasteiger partial charge is 0.461 e. The van der Waals surface area contributed by atoms with Gasteiger partial charge in [0.15, 0.2) is 11.6 Å². The highest BCUT2D eigenvalue weighted by atomic mass is 32.2. The van der Waals surface area contributed by atoms with Gasteiger partial charge in [0.1, 0.15) is 41.5 Å². The van der Waals surface area contributed by atoms with Crippen LogP contribution in [0.25, 0.3) is 0 Å². The van der Waals surface area contributed by atoms with Crippen LogP contribution in [0.2, 0.25) is 0 Å². The van der Waals surface area contributed by atoms with Gasteiger partial charge in [0.05, 0.1) is 26.1 Å². The topological polar surface area (TPSA) is 223 Å². The molecule has 2 aliphatic carbocycles. The van der Waals surface area contributed by atoms with Crippen molar-refractivity contribution < 1.29 is 41.9 Å². The molecule has 49 heavy (non-hydrogen) atoms. The van der Waals surface area contributed by atoms with E-state index in [0.717, 1.165) is 38.4 Å². The lowest BCUT2D eigenvalue weighted by Crippen LogP contribution is -2.57. The number of carbonyl (C=O) groups excluding carboxylic acids is 1. The van der Waals surface area contributed by atoms with Crippen molar-refractivity contribution in [2.24, 2.45) is 0 Å². The molecule has 0 radical (unpaired) electrons. The number of nitrogen functional groups attached to an aromatic ring is 1. The molecule has 3 unspecified atom stereocenters. The zero-order valence-electron chi connectivity index (χ0n) is 27.9. The number of benzene rings is 1. The number of hydrogen-bond donors (Lipinski definition) is 6. The molecule has 0 saturated heterocycles. The third kappa shape index (κ3) is 9.38. The van der Waals surface area contributed by atoms with Gasteiger partial charge in [-0.05, 0) is 63.5 Å². The number of anilines is 4. The van der Waals surface area contributed by atoms with Gasteiger partial charge in [-0.3, -0.25) is 9.80 Å². The van der Waals surface area contributed by atoms with Gasteiger partial charge >= 0.3 is 14.5 Å². The van der Waals surface area contributed by atoms with Crippen LogP contribution in [-0.2, 0) is 28.8 Å². The van der Waals surface area contributed by atoms with E-state index < -0.39 is 49.1 Å². The van der Waals surface area contributed by atoms with Crippen LogP contribution in [0.15, 0.2) is 30.3 Å². The summed E-state index contributed by atoms with van der Waals surface area (Å²) >= 11 is 0. The summed E-state index contributed by atoms with van der Waals surface area (Å²) in [4.78, 5) is 26.1. The highest BCUT2D eigenvalue weighted by molar-refractivity contribution is 7.88. The number of esters is 1. The second-order valence-electron chi connectivity index (χ2n) is 12.4. The zero-order valence-corrected chi connectivity index (χ0v) is 29.7. The van der Waals surface area contributed by atoms with Crippen molar-refractivity contribution in [3.05, 3.63) is 30.3 Å². The van der Waals surface area contributed by atoms with E-state index in [1.54, 1.807) is 17.0 Å². The van der Waals surface area contributed by atoms with Gasteiger partial charge in [-0.1, -0.05) is 25.1 Å². The van der Waals surface area contributed by atoms with E-state index in [1.165, 1.54) is 12.1 Å². The summed E-state index contributed by atoms with van der Waals surface area (Å²) in [6.45, 7) is 1.26. The summed E-state index contributed by atoms with van der Waals surface area (Å²) in [7, 11) is -4.08. The molecule has 0 spiro atoms. The summed E-state index contributed by atoms with van der Waals surface area (Å²) in [5.41, 5.74) is 5.48. The van der Waals surface area contributed by atoms with Gasteiger partial charge in [0.25, 0.3) is 0 Å². The van der Waals surface area contributed by atoms with E-state index in [0.29, 0.717) is 36.5 Å². The number of nitrogens with two attached hydrogens (primary N) is 1. The van der Waals surface area contributed by atoms with E-state index in [1.807, 2.05) is 25.1 Å². The summed E-state index contributed by atoms with van der Waals surface area (Å²) in [5.74, 6) is 0.673. The van der Waals surface area contributed by atoms with Gasteiger partial charge < -0.3 is 44.7 Å². The third-order valence-corrected chi connectivity index (χ3v) is 10.6. The summed E-state index contributed by atoms with van der Waals surface area (Å²) < 4.78 is 48.5. The Kier molecular flexibility index (Phi) is 12.4. The number of fused-ring (bicyclic) bond motifs is 1. The van der Waals surface area contributed by atoms with E-state index in [4.69, 9.17) is 24.3 Å². The zero-order chi connectivity index (χ0) is 35.2. The molecule has 5 rings (SSSR count). The number of ether oxygens (including phenoxy) is 2. The molecule has 17 nitrogen and oxygen atoms in total. The summed E-state index contributed by atoms with van der Waals surface area (Å²) in [6.07, 6.45) is 4.04. The van der Waals surface area contributed by atoms with Gasteiger partial charge in [0.2, 0.25) is 16.0 Å². The lowest BCUT2D eigenvalue weighted by Gasteiger charge is -2.42. The Morgan fingerprint density at radius 1 is 1.22 bits per heavy atom. The monoisotopic (exact) mass is 726 g/mol. The molecular weight excluding hydrogens is 679 g/mol. The van der Waals surface area contributed by atoms with Crippen molar-refractivity contribution >= 4 is 47.8 Å². The Morgan fingerprint density at radius 3 is 2.55 bits per heavy atom. The van der Waals surface area contributed by atoms with Crippen molar-refractivity contribution in [3.8, 4) is 5.75 Å². The minimum Gasteiger partial charge on any atom is -0.461 e. The van der Waals surface area contributed by atoms with Crippen molar-refractivity contribution in [3.63, 3.8) is 0 Å². The summed E-state index contributed by atoms with van der Waals surface area (Å²) in [6, 6.07) is 9.05. The van der Waals surface area contributed by atoms with Crippen LogP contribution in [0, 0.1) is 0 Å². The van der Waals surface area contributed by atoms with Gasteiger partial charge in [-0.2, -0.15) is 9.97 Å². The number of nitrogens with zero attached hydrogens (tertiary/aromatic N) is 4.